The van der Waals surface area contributed by atoms with Gasteiger partial charge in [0.15, 0.2) is 5.06 Å². The maximum atomic E-state index is 6.85. The Bertz CT molecular complexity index is 424. The number of halogens is 1. The summed E-state index contributed by atoms with van der Waals surface area (Å²) in [6.45, 7) is 2.28. The number of alkyl halides is 1. The van der Waals surface area contributed by atoms with Crippen molar-refractivity contribution in [1.82, 2.24) is 6.15 Å². The summed E-state index contributed by atoms with van der Waals surface area (Å²) in [4.78, 5) is 0. The summed E-state index contributed by atoms with van der Waals surface area (Å²) in [5, 5.41) is -0.833. The highest BCUT2D eigenvalue weighted by atomic mass is 35.5. The molecule has 0 fully saturated rings. The van der Waals surface area contributed by atoms with Crippen LogP contribution in [-0.4, -0.2) is 55.5 Å². The summed E-state index contributed by atoms with van der Waals surface area (Å²) in [5.74, 6) is 0. The lowest BCUT2D eigenvalue weighted by molar-refractivity contribution is -0.0729. The minimum absolute atomic E-state index is 0. The molecule has 0 rings (SSSR count). The molecular weight excluding hydrogens is 470 g/mol. The molecule has 0 heterocycles. The Balaban J connectivity index is 0. The molecular formula is C26H58ClNO5Si. The number of hydrogen-bond acceptors (Lipinski definition) is 6. The Kier molecular flexibility index (Phi) is 25.3. The Morgan fingerprint density at radius 2 is 1.06 bits per heavy atom. The van der Waals surface area contributed by atoms with Crippen molar-refractivity contribution in [1.29, 1.82) is 0 Å². The van der Waals surface area contributed by atoms with Gasteiger partial charge >= 0.3 is 8.80 Å². The zero-order valence-corrected chi connectivity index (χ0v) is 25.2. The van der Waals surface area contributed by atoms with Gasteiger partial charge in [0.25, 0.3) is 0 Å². The summed E-state index contributed by atoms with van der Waals surface area (Å²) < 4.78 is 28.0. The molecule has 0 aromatic rings. The predicted molar refractivity (Wildman–Crippen MR) is 147 cm³/mol. The van der Waals surface area contributed by atoms with E-state index in [1.54, 1.807) is 35.5 Å². The third-order valence-electron chi connectivity index (χ3n) is 6.86. The summed E-state index contributed by atoms with van der Waals surface area (Å²) >= 11 is 6.85. The summed E-state index contributed by atoms with van der Waals surface area (Å²) in [7, 11) is 5.71. The van der Waals surface area contributed by atoms with Crippen molar-refractivity contribution < 1.29 is 22.8 Å². The second-order valence-corrected chi connectivity index (χ2v) is 13.0. The lowest BCUT2D eigenvalue weighted by Gasteiger charge is -2.34. The number of hydrogen-bond donors (Lipinski definition) is 1. The molecule has 0 aromatic carbocycles. The first kappa shape index (κ1) is 36.4. The SMILES string of the molecule is CCCCCCCCCCCCCCCCC(OC)C(Cl)(CCC[Si](OC)(OC)OC)OC.N. The van der Waals surface area contributed by atoms with Crippen LogP contribution in [0.1, 0.15) is 116 Å². The lowest BCUT2D eigenvalue weighted by Crippen LogP contribution is -2.44. The van der Waals surface area contributed by atoms with Gasteiger partial charge in [-0.1, -0.05) is 108 Å². The van der Waals surface area contributed by atoms with E-state index in [9.17, 15) is 0 Å². The van der Waals surface area contributed by atoms with E-state index in [0.717, 1.165) is 19.3 Å². The van der Waals surface area contributed by atoms with Crippen LogP contribution in [0.2, 0.25) is 6.04 Å². The van der Waals surface area contributed by atoms with Crippen LogP contribution in [-0.2, 0) is 22.8 Å². The van der Waals surface area contributed by atoms with Gasteiger partial charge in [-0.2, -0.15) is 0 Å². The lowest BCUT2D eigenvalue weighted by atomic mass is 10.00. The number of ether oxygens (including phenoxy) is 2. The molecule has 2 atom stereocenters. The molecule has 8 heteroatoms. The highest BCUT2D eigenvalue weighted by molar-refractivity contribution is 6.60. The van der Waals surface area contributed by atoms with Gasteiger partial charge in [0.2, 0.25) is 0 Å². The molecule has 0 saturated heterocycles. The molecule has 34 heavy (non-hydrogen) atoms. The van der Waals surface area contributed by atoms with Crippen molar-refractivity contribution in [3.8, 4) is 0 Å². The molecule has 0 spiro atoms. The topological polar surface area (TPSA) is 81.2 Å². The van der Waals surface area contributed by atoms with Crippen molar-refractivity contribution in [2.45, 2.75) is 133 Å². The Labute approximate surface area is 218 Å². The molecule has 0 aliphatic carbocycles. The molecule has 208 valence electrons. The van der Waals surface area contributed by atoms with Crippen molar-refractivity contribution in [2.75, 3.05) is 35.5 Å². The fraction of sp³-hybridized carbons (Fsp3) is 1.00. The first-order chi connectivity index (χ1) is 16.0. The van der Waals surface area contributed by atoms with Crippen molar-refractivity contribution in [3.05, 3.63) is 0 Å². The molecule has 0 radical (unpaired) electrons. The molecule has 0 amide bonds. The molecule has 0 aromatic heterocycles. The molecule has 0 bridgehead atoms. The van der Waals surface area contributed by atoms with E-state index in [1.165, 1.54) is 83.5 Å². The maximum absolute atomic E-state index is 6.85. The average Bonchev–Trinajstić information content (AvgIpc) is 2.84. The average molecular weight is 528 g/mol. The van der Waals surface area contributed by atoms with E-state index in [-0.39, 0.29) is 12.3 Å². The quantitative estimate of drug-likeness (QED) is 0.0730. The zero-order chi connectivity index (χ0) is 24.8. The van der Waals surface area contributed by atoms with Gasteiger partial charge < -0.3 is 28.9 Å². The highest BCUT2D eigenvalue weighted by Gasteiger charge is 2.41. The fourth-order valence-corrected chi connectivity index (χ4v) is 6.58. The molecule has 0 aliphatic heterocycles. The Morgan fingerprint density at radius 3 is 1.41 bits per heavy atom. The first-order valence-corrected chi connectivity index (χ1v) is 15.7. The van der Waals surface area contributed by atoms with Gasteiger partial charge in [-0.05, 0) is 19.3 Å². The van der Waals surface area contributed by atoms with E-state index >= 15 is 0 Å². The van der Waals surface area contributed by atoms with E-state index in [0.29, 0.717) is 12.5 Å². The van der Waals surface area contributed by atoms with Crippen LogP contribution in [0.15, 0.2) is 0 Å². The smallest absolute Gasteiger partial charge is 0.377 e. The van der Waals surface area contributed by atoms with Gasteiger partial charge in [0.1, 0.15) is 6.10 Å². The fourth-order valence-electron chi connectivity index (χ4n) is 4.53. The second kappa shape index (κ2) is 23.7. The molecule has 0 saturated carbocycles. The van der Waals surface area contributed by atoms with Crippen molar-refractivity contribution in [2.24, 2.45) is 0 Å². The number of unbranched alkanes of at least 4 members (excludes halogenated alkanes) is 13. The van der Waals surface area contributed by atoms with E-state index < -0.39 is 13.9 Å². The van der Waals surface area contributed by atoms with E-state index in [2.05, 4.69) is 6.92 Å². The summed E-state index contributed by atoms with van der Waals surface area (Å²) in [5.41, 5.74) is 0. The van der Waals surface area contributed by atoms with Crippen LogP contribution in [0, 0.1) is 0 Å². The van der Waals surface area contributed by atoms with Crippen LogP contribution in [0.5, 0.6) is 0 Å². The zero-order valence-electron chi connectivity index (χ0n) is 23.4. The van der Waals surface area contributed by atoms with Gasteiger partial charge in [-0.25, -0.2) is 0 Å². The van der Waals surface area contributed by atoms with Crippen LogP contribution in [0.3, 0.4) is 0 Å². The minimum atomic E-state index is -2.59. The summed E-state index contributed by atoms with van der Waals surface area (Å²) in [6, 6.07) is 0.698. The standard InChI is InChI=1S/C26H55ClO5Si.H3N/c1-7-8-9-10-11-12-13-14-15-16-17-18-19-20-22-25(28-2)26(27,29-3)23-21-24-33(30-4,31-5)32-6;/h25H,7-24H2,1-6H3;1H3. The monoisotopic (exact) mass is 527 g/mol. The molecule has 2 unspecified atom stereocenters. The normalized spacial score (nSPS) is 14.6. The van der Waals surface area contributed by atoms with Gasteiger partial charge in [0, 0.05) is 41.6 Å². The number of methoxy groups -OCH3 is 2. The van der Waals surface area contributed by atoms with Crippen LogP contribution < -0.4 is 6.15 Å². The molecule has 3 N–H and O–H groups in total. The maximum Gasteiger partial charge on any atom is 0.500 e. The van der Waals surface area contributed by atoms with Crippen molar-refractivity contribution in [3.63, 3.8) is 0 Å². The predicted octanol–water partition coefficient (Wildman–Crippen LogP) is 8.27. The minimum Gasteiger partial charge on any atom is -0.377 e. The van der Waals surface area contributed by atoms with E-state index in [4.69, 9.17) is 34.4 Å². The van der Waals surface area contributed by atoms with Crippen LogP contribution in [0.25, 0.3) is 0 Å². The summed E-state index contributed by atoms with van der Waals surface area (Å²) in [6.07, 6.45) is 21.2. The van der Waals surface area contributed by atoms with Gasteiger partial charge in [0.05, 0.1) is 0 Å². The number of rotatable bonds is 25. The van der Waals surface area contributed by atoms with Crippen LogP contribution in [0.4, 0.5) is 0 Å². The third kappa shape index (κ3) is 16.1. The van der Waals surface area contributed by atoms with Crippen LogP contribution >= 0.6 is 11.6 Å². The Hall–Kier alpha value is 0.267. The Morgan fingerprint density at radius 1 is 0.647 bits per heavy atom. The van der Waals surface area contributed by atoms with E-state index in [1.807, 2.05) is 0 Å². The first-order valence-electron chi connectivity index (χ1n) is 13.4. The molecule has 0 aliphatic rings. The van der Waals surface area contributed by atoms with Gasteiger partial charge in [-0.15, -0.1) is 0 Å². The highest BCUT2D eigenvalue weighted by Crippen LogP contribution is 2.34. The largest absolute Gasteiger partial charge is 0.500 e. The third-order valence-corrected chi connectivity index (χ3v) is 10.3. The van der Waals surface area contributed by atoms with Gasteiger partial charge in [-0.3, -0.25) is 0 Å². The molecule has 6 nitrogen and oxygen atoms in total. The second-order valence-electron chi connectivity index (χ2n) is 9.25. The van der Waals surface area contributed by atoms with Crippen molar-refractivity contribution >= 4 is 20.4 Å².